The van der Waals surface area contributed by atoms with E-state index in [1.54, 1.807) is 49.1 Å². The van der Waals surface area contributed by atoms with Gasteiger partial charge in [0, 0.05) is 27.0 Å². The first-order valence-electron chi connectivity index (χ1n) is 11.3. The maximum Gasteiger partial charge on any atom is 0.335 e. The highest BCUT2D eigenvalue weighted by molar-refractivity contribution is 6.31. The minimum absolute atomic E-state index is 0.226. The fourth-order valence-corrected chi connectivity index (χ4v) is 4.34. The lowest BCUT2D eigenvalue weighted by molar-refractivity contribution is 0.0696. The molecule has 0 radical (unpaired) electrons. The Morgan fingerprint density at radius 3 is 1.61 bits per heavy atom. The number of benzene rings is 4. The molecule has 6 aromatic rings. The molecule has 2 aromatic heterocycles. The largest absolute Gasteiger partial charge is 0.478 e. The molecule has 0 aliphatic heterocycles. The van der Waals surface area contributed by atoms with Gasteiger partial charge in [-0.25, -0.2) is 14.8 Å². The third-order valence-electron chi connectivity index (χ3n) is 5.80. The Morgan fingerprint density at radius 2 is 1.16 bits per heavy atom. The van der Waals surface area contributed by atoms with Gasteiger partial charge in [0.25, 0.3) is 0 Å². The number of nitrogens with two attached hydrogens (primary N) is 1. The Balaban J connectivity index is 0.000000155. The van der Waals surface area contributed by atoms with Crippen LogP contribution in [0.3, 0.4) is 0 Å². The van der Waals surface area contributed by atoms with Crippen molar-refractivity contribution in [2.24, 2.45) is 5.73 Å². The number of carboxylic acids is 1. The van der Waals surface area contributed by atoms with E-state index >= 15 is 0 Å². The van der Waals surface area contributed by atoms with Crippen molar-refractivity contribution in [3.05, 3.63) is 119 Å². The van der Waals surface area contributed by atoms with Crippen LogP contribution >= 0.6 is 23.2 Å². The first-order valence-corrected chi connectivity index (χ1v) is 12.0. The lowest BCUT2D eigenvalue weighted by atomic mass is 10.2. The maximum absolute atomic E-state index is 11.1. The second-order valence-corrected chi connectivity index (χ2v) is 9.14. The summed E-state index contributed by atoms with van der Waals surface area (Å²) >= 11 is 12.0. The first-order chi connectivity index (χ1) is 18.3. The van der Waals surface area contributed by atoms with E-state index in [1.807, 2.05) is 57.7 Å². The molecule has 4 aromatic carbocycles. The van der Waals surface area contributed by atoms with Crippen LogP contribution in [0, 0.1) is 0 Å². The summed E-state index contributed by atoms with van der Waals surface area (Å²) in [7, 11) is 0. The standard InChI is InChI=1S/C14H10ClN3O.C14H9ClN2O2/c15-10-2-1-3-11(7-10)18-8-17-12-6-9(14(16)19)4-5-13(12)18;15-10-2-1-3-11(7-10)17-8-16-12-6-9(14(18)19)4-5-13(12)17/h1-8H,(H2,16,19);1-8H,(H,18,19). The zero-order valence-corrected chi connectivity index (χ0v) is 21.1. The van der Waals surface area contributed by atoms with Crippen LogP contribution in [0.5, 0.6) is 0 Å². The van der Waals surface area contributed by atoms with Gasteiger partial charge >= 0.3 is 5.97 Å². The van der Waals surface area contributed by atoms with Gasteiger partial charge in [-0.3, -0.25) is 13.9 Å². The Labute approximate surface area is 226 Å². The summed E-state index contributed by atoms with van der Waals surface area (Å²) in [6, 6.07) is 24.9. The summed E-state index contributed by atoms with van der Waals surface area (Å²) in [6.45, 7) is 0. The molecule has 8 nitrogen and oxygen atoms in total. The summed E-state index contributed by atoms with van der Waals surface area (Å²) in [5, 5.41) is 10.3. The molecule has 0 saturated carbocycles. The van der Waals surface area contributed by atoms with Gasteiger partial charge in [0.15, 0.2) is 0 Å². The number of carbonyl (C=O) groups is 2. The van der Waals surface area contributed by atoms with Crippen LogP contribution in [0.15, 0.2) is 97.6 Å². The molecule has 38 heavy (non-hydrogen) atoms. The Morgan fingerprint density at radius 1 is 0.684 bits per heavy atom. The summed E-state index contributed by atoms with van der Waals surface area (Å²) in [6.07, 6.45) is 3.35. The van der Waals surface area contributed by atoms with Gasteiger partial charge in [-0.2, -0.15) is 0 Å². The molecule has 6 rings (SSSR count). The summed E-state index contributed by atoms with van der Waals surface area (Å²) in [5.41, 5.74) is 10.8. The molecule has 10 heteroatoms. The topological polar surface area (TPSA) is 116 Å². The molecule has 0 spiro atoms. The minimum Gasteiger partial charge on any atom is -0.478 e. The van der Waals surface area contributed by atoms with Crippen LogP contribution in [0.2, 0.25) is 10.0 Å². The molecule has 0 saturated heterocycles. The quantitative estimate of drug-likeness (QED) is 0.276. The predicted molar refractivity (Wildman–Crippen MR) is 148 cm³/mol. The van der Waals surface area contributed by atoms with E-state index in [9.17, 15) is 9.59 Å². The number of carboxylic acid groups (broad SMARTS) is 1. The van der Waals surface area contributed by atoms with Crippen LogP contribution in [-0.2, 0) is 0 Å². The number of amides is 1. The molecule has 0 unspecified atom stereocenters. The zero-order valence-electron chi connectivity index (χ0n) is 19.6. The number of hydrogen-bond donors (Lipinski definition) is 2. The third kappa shape index (κ3) is 5.08. The highest BCUT2D eigenvalue weighted by atomic mass is 35.5. The van der Waals surface area contributed by atoms with Gasteiger partial charge in [-0.15, -0.1) is 0 Å². The van der Waals surface area contributed by atoms with Crippen LogP contribution in [0.1, 0.15) is 20.7 Å². The monoisotopic (exact) mass is 543 g/mol. The Hall–Kier alpha value is -4.66. The third-order valence-corrected chi connectivity index (χ3v) is 6.27. The molecular weight excluding hydrogens is 525 g/mol. The molecular formula is C28H19Cl2N5O3. The molecule has 0 aliphatic rings. The van der Waals surface area contributed by atoms with Crippen molar-refractivity contribution in [3.63, 3.8) is 0 Å². The van der Waals surface area contributed by atoms with Crippen LogP contribution in [-0.4, -0.2) is 36.1 Å². The Bertz CT molecular complexity index is 1690. The maximum atomic E-state index is 11.1. The minimum atomic E-state index is -0.959. The lowest BCUT2D eigenvalue weighted by Crippen LogP contribution is -2.10. The lowest BCUT2D eigenvalue weighted by Gasteiger charge is -2.04. The number of primary amides is 1. The normalized spacial score (nSPS) is 10.8. The SMILES string of the molecule is NC(=O)c1ccc2c(c1)ncn2-c1cccc(Cl)c1.O=C(O)c1ccc2c(c1)ncn2-c1cccc(Cl)c1. The van der Waals surface area contributed by atoms with Gasteiger partial charge in [0.1, 0.15) is 12.7 Å². The van der Waals surface area contributed by atoms with Gasteiger partial charge in [0.05, 0.1) is 27.6 Å². The van der Waals surface area contributed by atoms with Crippen molar-refractivity contribution in [3.8, 4) is 11.4 Å². The number of aromatic carboxylic acids is 1. The number of nitrogens with zero attached hydrogens (tertiary/aromatic N) is 4. The predicted octanol–water partition coefficient (Wildman–Crippen LogP) is 6.15. The molecule has 2 heterocycles. The van der Waals surface area contributed by atoms with Crippen molar-refractivity contribution in [2.75, 3.05) is 0 Å². The number of carbonyl (C=O) groups excluding carboxylic acids is 1. The van der Waals surface area contributed by atoms with Gasteiger partial charge < -0.3 is 10.8 Å². The van der Waals surface area contributed by atoms with Gasteiger partial charge in [0.2, 0.25) is 5.91 Å². The van der Waals surface area contributed by atoms with Crippen LogP contribution in [0.4, 0.5) is 0 Å². The molecule has 188 valence electrons. The number of halogens is 2. The van der Waals surface area contributed by atoms with Crippen molar-refractivity contribution in [1.82, 2.24) is 19.1 Å². The Kier molecular flexibility index (Phi) is 6.83. The summed E-state index contributed by atoms with van der Waals surface area (Å²) < 4.78 is 3.78. The second kappa shape index (κ2) is 10.4. The van der Waals surface area contributed by atoms with Crippen LogP contribution in [0.25, 0.3) is 33.4 Å². The average molecular weight is 544 g/mol. The smallest absolute Gasteiger partial charge is 0.335 e. The van der Waals surface area contributed by atoms with Gasteiger partial charge in [-0.1, -0.05) is 35.3 Å². The fraction of sp³-hybridized carbons (Fsp3) is 0. The number of fused-ring (bicyclic) bond motifs is 2. The molecule has 0 atom stereocenters. The van der Waals surface area contributed by atoms with E-state index in [2.05, 4.69) is 9.97 Å². The van der Waals surface area contributed by atoms with E-state index in [0.717, 1.165) is 27.9 Å². The molecule has 3 N–H and O–H groups in total. The molecule has 0 aliphatic carbocycles. The van der Waals surface area contributed by atoms with E-state index in [4.69, 9.17) is 34.0 Å². The summed E-state index contributed by atoms with van der Waals surface area (Å²) in [5.74, 6) is -1.42. The second-order valence-electron chi connectivity index (χ2n) is 8.27. The number of aromatic nitrogens is 4. The van der Waals surface area contributed by atoms with Crippen molar-refractivity contribution < 1.29 is 14.7 Å². The first kappa shape index (κ1) is 25.0. The van der Waals surface area contributed by atoms with E-state index < -0.39 is 11.9 Å². The highest BCUT2D eigenvalue weighted by Gasteiger charge is 2.10. The molecule has 1 amide bonds. The van der Waals surface area contributed by atoms with E-state index in [0.29, 0.717) is 21.1 Å². The number of imidazole rings is 2. The van der Waals surface area contributed by atoms with Crippen molar-refractivity contribution >= 4 is 57.1 Å². The van der Waals surface area contributed by atoms with Crippen LogP contribution < -0.4 is 5.73 Å². The number of rotatable bonds is 4. The van der Waals surface area contributed by atoms with E-state index in [1.165, 1.54) is 0 Å². The molecule has 0 bridgehead atoms. The van der Waals surface area contributed by atoms with E-state index in [-0.39, 0.29) is 5.56 Å². The molecule has 0 fully saturated rings. The van der Waals surface area contributed by atoms with Crippen molar-refractivity contribution in [1.29, 1.82) is 0 Å². The van der Waals surface area contributed by atoms with Crippen molar-refractivity contribution in [2.45, 2.75) is 0 Å². The fourth-order valence-electron chi connectivity index (χ4n) is 3.98. The van der Waals surface area contributed by atoms with Gasteiger partial charge in [-0.05, 0) is 72.8 Å². The highest BCUT2D eigenvalue weighted by Crippen LogP contribution is 2.23. The zero-order chi connectivity index (χ0) is 26.8. The number of hydrogen-bond acceptors (Lipinski definition) is 4. The summed E-state index contributed by atoms with van der Waals surface area (Å²) in [4.78, 5) is 30.6. The average Bonchev–Trinajstić information content (AvgIpc) is 3.52.